The van der Waals surface area contributed by atoms with Gasteiger partial charge in [0.25, 0.3) is 5.91 Å². The Morgan fingerprint density at radius 1 is 1.15 bits per heavy atom. The lowest BCUT2D eigenvalue weighted by Crippen LogP contribution is -2.30. The number of nitrogens with one attached hydrogen (secondary N) is 1. The van der Waals surface area contributed by atoms with E-state index in [2.05, 4.69) is 5.32 Å². The quantitative estimate of drug-likeness (QED) is 0.425. The maximum atomic E-state index is 12.1. The van der Waals surface area contributed by atoms with Crippen molar-refractivity contribution in [3.8, 4) is 6.07 Å². The molecule has 0 unspecified atom stereocenters. The molecule has 0 aromatic heterocycles. The molecule has 0 saturated heterocycles. The second-order valence-electron chi connectivity index (χ2n) is 5.22. The van der Waals surface area contributed by atoms with Crippen molar-refractivity contribution in [2.24, 2.45) is 0 Å². The van der Waals surface area contributed by atoms with Crippen LogP contribution >= 0.6 is 23.4 Å². The molecule has 134 valence electrons. The Kier molecular flexibility index (Phi) is 8.00. The summed E-state index contributed by atoms with van der Waals surface area (Å²) in [6.45, 7) is 0.0973. The van der Waals surface area contributed by atoms with Crippen LogP contribution in [0.15, 0.2) is 53.4 Å². The molecule has 26 heavy (non-hydrogen) atoms. The largest absolute Gasteiger partial charge is 0.452 e. The summed E-state index contributed by atoms with van der Waals surface area (Å²) in [6, 6.07) is 16.1. The van der Waals surface area contributed by atoms with Gasteiger partial charge in [0.05, 0.1) is 18.1 Å². The number of hydrogen-bond donors (Lipinski definition) is 1. The number of rotatable bonds is 8. The summed E-state index contributed by atoms with van der Waals surface area (Å²) >= 11 is 7.41. The third-order valence-corrected chi connectivity index (χ3v) is 4.61. The van der Waals surface area contributed by atoms with Crippen molar-refractivity contribution in [2.45, 2.75) is 11.3 Å². The number of nitrogens with zero attached hydrogens (tertiary/aromatic N) is 1. The molecule has 0 radical (unpaired) electrons. The van der Waals surface area contributed by atoms with Gasteiger partial charge in [-0.1, -0.05) is 29.8 Å². The van der Waals surface area contributed by atoms with Crippen LogP contribution in [0.4, 0.5) is 0 Å². The fraction of sp³-hybridized carbons (Fsp3) is 0.211. The number of thioether (sulfide) groups is 1. The number of benzene rings is 2. The number of esters is 1. The molecular formula is C19H17ClN2O3S. The first-order chi connectivity index (χ1) is 12.6. The van der Waals surface area contributed by atoms with Gasteiger partial charge in [-0.05, 0) is 35.9 Å². The molecule has 1 amide bonds. The van der Waals surface area contributed by atoms with Gasteiger partial charge in [0, 0.05) is 22.2 Å². The molecule has 0 aliphatic rings. The molecule has 0 saturated carbocycles. The second-order valence-corrected chi connectivity index (χ2v) is 6.83. The van der Waals surface area contributed by atoms with Crippen LogP contribution in [0.25, 0.3) is 0 Å². The first-order valence-corrected chi connectivity index (χ1v) is 9.23. The Morgan fingerprint density at radius 2 is 1.88 bits per heavy atom. The summed E-state index contributed by atoms with van der Waals surface area (Å²) < 4.78 is 5.02. The first kappa shape index (κ1) is 19.8. The maximum absolute atomic E-state index is 12.1. The number of halogens is 1. The third-order valence-electron chi connectivity index (χ3n) is 3.35. The van der Waals surface area contributed by atoms with Crippen molar-refractivity contribution < 1.29 is 14.3 Å². The Bertz CT molecular complexity index is 803. The number of amides is 1. The molecule has 5 nitrogen and oxygen atoms in total. The van der Waals surface area contributed by atoms with E-state index in [4.69, 9.17) is 21.6 Å². The van der Waals surface area contributed by atoms with Gasteiger partial charge < -0.3 is 10.1 Å². The van der Waals surface area contributed by atoms with Crippen molar-refractivity contribution in [1.82, 2.24) is 5.32 Å². The summed E-state index contributed by atoms with van der Waals surface area (Å²) in [4.78, 5) is 24.9. The summed E-state index contributed by atoms with van der Waals surface area (Å²) in [5, 5.41) is 12.2. The molecule has 0 aliphatic carbocycles. The fourth-order valence-corrected chi connectivity index (χ4v) is 3.00. The zero-order valence-electron chi connectivity index (χ0n) is 13.9. The van der Waals surface area contributed by atoms with Gasteiger partial charge in [-0.25, -0.2) is 4.79 Å². The van der Waals surface area contributed by atoms with Crippen molar-refractivity contribution >= 4 is 35.2 Å². The van der Waals surface area contributed by atoms with E-state index in [9.17, 15) is 9.59 Å². The number of hydrogen-bond acceptors (Lipinski definition) is 5. The first-order valence-electron chi connectivity index (χ1n) is 7.87. The SMILES string of the molecule is N#CCc1ccccc1C(=O)OCC(=O)NCCSc1ccc(Cl)cc1. The van der Waals surface area contributed by atoms with E-state index in [1.807, 2.05) is 30.3 Å². The van der Waals surface area contributed by atoms with E-state index in [1.165, 1.54) is 0 Å². The molecule has 2 aromatic rings. The van der Waals surface area contributed by atoms with Crippen LogP contribution in [-0.4, -0.2) is 30.8 Å². The van der Waals surface area contributed by atoms with Crippen molar-refractivity contribution in [1.29, 1.82) is 5.26 Å². The average Bonchev–Trinajstić information content (AvgIpc) is 2.65. The molecule has 0 spiro atoms. The van der Waals surface area contributed by atoms with Crippen LogP contribution in [-0.2, 0) is 16.0 Å². The Labute approximate surface area is 161 Å². The standard InChI is InChI=1S/C19H17ClN2O3S/c20-15-5-7-16(8-6-15)26-12-11-22-18(23)13-25-19(24)17-4-2-1-3-14(17)9-10-21/h1-8H,9,11-13H2,(H,22,23). The molecule has 2 rings (SSSR count). The Morgan fingerprint density at radius 3 is 2.62 bits per heavy atom. The van der Waals surface area contributed by atoms with Crippen LogP contribution < -0.4 is 5.32 Å². The lowest BCUT2D eigenvalue weighted by atomic mass is 10.1. The van der Waals surface area contributed by atoms with Gasteiger partial charge in [-0.2, -0.15) is 5.26 Å². The zero-order chi connectivity index (χ0) is 18.8. The summed E-state index contributed by atoms with van der Waals surface area (Å²) in [6.07, 6.45) is 0.111. The van der Waals surface area contributed by atoms with Crippen LogP contribution in [0, 0.1) is 11.3 Å². The topological polar surface area (TPSA) is 79.2 Å². The molecule has 0 fully saturated rings. The van der Waals surface area contributed by atoms with E-state index in [-0.39, 0.29) is 18.9 Å². The van der Waals surface area contributed by atoms with E-state index < -0.39 is 5.97 Å². The Balaban J connectivity index is 1.71. The Hall–Kier alpha value is -2.49. The van der Waals surface area contributed by atoms with E-state index in [0.717, 1.165) is 4.90 Å². The number of nitriles is 1. The van der Waals surface area contributed by atoms with Gasteiger partial charge in [-0.3, -0.25) is 4.79 Å². The molecule has 2 aromatic carbocycles. The van der Waals surface area contributed by atoms with Crippen LogP contribution in [0.3, 0.4) is 0 Å². The lowest BCUT2D eigenvalue weighted by Gasteiger charge is -2.08. The molecule has 7 heteroatoms. The number of carbonyl (C=O) groups excluding carboxylic acids is 2. The second kappa shape index (κ2) is 10.5. The van der Waals surface area contributed by atoms with Crippen LogP contribution in [0.2, 0.25) is 5.02 Å². The van der Waals surface area contributed by atoms with E-state index in [1.54, 1.807) is 36.0 Å². The van der Waals surface area contributed by atoms with Gasteiger partial charge in [0.1, 0.15) is 0 Å². The predicted octanol–water partition coefficient (Wildman–Crippen LogP) is 3.47. The fourth-order valence-electron chi connectivity index (χ4n) is 2.11. The van der Waals surface area contributed by atoms with E-state index in [0.29, 0.717) is 28.4 Å². The highest BCUT2D eigenvalue weighted by atomic mass is 35.5. The lowest BCUT2D eigenvalue weighted by molar-refractivity contribution is -0.124. The van der Waals surface area contributed by atoms with E-state index >= 15 is 0 Å². The average molecular weight is 389 g/mol. The maximum Gasteiger partial charge on any atom is 0.338 e. The van der Waals surface area contributed by atoms with Gasteiger partial charge in [0.15, 0.2) is 6.61 Å². The number of ether oxygens (including phenoxy) is 1. The van der Waals surface area contributed by atoms with Gasteiger partial charge >= 0.3 is 5.97 Å². The summed E-state index contributed by atoms with van der Waals surface area (Å²) in [7, 11) is 0. The molecule has 0 atom stereocenters. The third kappa shape index (κ3) is 6.43. The highest BCUT2D eigenvalue weighted by molar-refractivity contribution is 7.99. The summed E-state index contributed by atoms with van der Waals surface area (Å²) in [5.74, 6) is -0.291. The monoisotopic (exact) mass is 388 g/mol. The molecule has 0 aliphatic heterocycles. The zero-order valence-corrected chi connectivity index (χ0v) is 15.5. The molecule has 0 bridgehead atoms. The molecule has 1 N–H and O–H groups in total. The molecular weight excluding hydrogens is 372 g/mol. The van der Waals surface area contributed by atoms with Gasteiger partial charge in [0.2, 0.25) is 0 Å². The minimum absolute atomic E-state index is 0.111. The normalized spacial score (nSPS) is 10.0. The minimum atomic E-state index is -0.610. The molecule has 0 heterocycles. The highest BCUT2D eigenvalue weighted by Crippen LogP contribution is 2.19. The van der Waals surface area contributed by atoms with Crippen LogP contribution in [0.5, 0.6) is 0 Å². The van der Waals surface area contributed by atoms with Crippen molar-refractivity contribution in [3.05, 3.63) is 64.7 Å². The van der Waals surface area contributed by atoms with Crippen molar-refractivity contribution in [3.63, 3.8) is 0 Å². The van der Waals surface area contributed by atoms with Crippen LogP contribution in [0.1, 0.15) is 15.9 Å². The predicted molar refractivity (Wildman–Crippen MR) is 101 cm³/mol. The highest BCUT2D eigenvalue weighted by Gasteiger charge is 2.13. The minimum Gasteiger partial charge on any atom is -0.452 e. The smallest absolute Gasteiger partial charge is 0.338 e. The van der Waals surface area contributed by atoms with Gasteiger partial charge in [-0.15, -0.1) is 11.8 Å². The number of carbonyl (C=O) groups is 2. The summed E-state index contributed by atoms with van der Waals surface area (Å²) in [5.41, 5.74) is 0.889. The van der Waals surface area contributed by atoms with Crippen molar-refractivity contribution in [2.75, 3.05) is 18.9 Å².